The molecule has 0 bridgehead atoms. The predicted molar refractivity (Wildman–Crippen MR) is 88.7 cm³/mol. The van der Waals surface area contributed by atoms with Crippen LogP contribution < -0.4 is 5.32 Å². The Kier molecular flexibility index (Phi) is 4.64. The molecule has 0 saturated carbocycles. The normalized spacial score (nSPS) is 11.3. The quantitative estimate of drug-likeness (QED) is 0.822. The summed E-state index contributed by atoms with van der Waals surface area (Å²) in [6.45, 7) is 11.9. The van der Waals surface area contributed by atoms with E-state index in [2.05, 4.69) is 58.1 Å². The second-order valence-electron chi connectivity index (χ2n) is 5.77. The third-order valence-electron chi connectivity index (χ3n) is 3.75. The van der Waals surface area contributed by atoms with Crippen molar-refractivity contribution >= 4 is 16.6 Å². The fourth-order valence-electron chi connectivity index (χ4n) is 2.97. The van der Waals surface area contributed by atoms with Crippen molar-refractivity contribution < 1.29 is 0 Å². The van der Waals surface area contributed by atoms with Crippen LogP contribution >= 0.6 is 0 Å². The van der Waals surface area contributed by atoms with Gasteiger partial charge in [-0.05, 0) is 49.4 Å². The van der Waals surface area contributed by atoms with Gasteiger partial charge in [-0.3, -0.25) is 4.98 Å². The molecule has 1 heterocycles. The van der Waals surface area contributed by atoms with E-state index in [1.54, 1.807) is 0 Å². The molecular formula is C18H26N2. The standard InChI is InChI=1S/C18H26N2/c1-6-8-14-9-10-16-15(11-14)18(19-7-2)17(12(3)4)13(5)20-16/h9-12H,6-8H2,1-5H3,(H,19,20). The van der Waals surface area contributed by atoms with Crippen LogP contribution in [0.5, 0.6) is 0 Å². The average Bonchev–Trinajstić information content (AvgIpc) is 2.39. The highest BCUT2D eigenvalue weighted by Crippen LogP contribution is 2.34. The lowest BCUT2D eigenvalue weighted by Gasteiger charge is -2.19. The molecule has 2 heteroatoms. The maximum Gasteiger partial charge on any atom is 0.0726 e. The molecule has 0 radical (unpaired) electrons. The molecule has 20 heavy (non-hydrogen) atoms. The van der Waals surface area contributed by atoms with Gasteiger partial charge in [0.1, 0.15) is 0 Å². The molecule has 0 saturated heterocycles. The second-order valence-corrected chi connectivity index (χ2v) is 5.77. The lowest BCUT2D eigenvalue weighted by molar-refractivity contribution is 0.847. The number of fused-ring (bicyclic) bond motifs is 1. The smallest absolute Gasteiger partial charge is 0.0726 e. The van der Waals surface area contributed by atoms with Crippen LogP contribution in [-0.2, 0) is 6.42 Å². The number of anilines is 1. The third-order valence-corrected chi connectivity index (χ3v) is 3.75. The summed E-state index contributed by atoms with van der Waals surface area (Å²) in [6.07, 6.45) is 2.31. The number of rotatable bonds is 5. The van der Waals surface area contributed by atoms with Gasteiger partial charge in [0.2, 0.25) is 0 Å². The summed E-state index contributed by atoms with van der Waals surface area (Å²) in [5, 5.41) is 4.84. The lowest BCUT2D eigenvalue weighted by Crippen LogP contribution is -2.07. The Balaban J connectivity index is 2.72. The molecular weight excluding hydrogens is 244 g/mol. The molecule has 1 N–H and O–H groups in total. The molecule has 108 valence electrons. The van der Waals surface area contributed by atoms with Crippen molar-refractivity contribution in [2.24, 2.45) is 0 Å². The molecule has 2 aromatic rings. The Morgan fingerprint density at radius 3 is 2.55 bits per heavy atom. The number of hydrogen-bond acceptors (Lipinski definition) is 2. The average molecular weight is 270 g/mol. The van der Waals surface area contributed by atoms with E-state index in [-0.39, 0.29) is 0 Å². The number of aromatic nitrogens is 1. The minimum Gasteiger partial charge on any atom is -0.384 e. The monoisotopic (exact) mass is 270 g/mol. The van der Waals surface area contributed by atoms with Gasteiger partial charge in [0, 0.05) is 23.3 Å². The van der Waals surface area contributed by atoms with Gasteiger partial charge in [0.05, 0.1) is 5.52 Å². The van der Waals surface area contributed by atoms with Crippen LogP contribution in [0.2, 0.25) is 0 Å². The van der Waals surface area contributed by atoms with Crippen molar-refractivity contribution in [3.63, 3.8) is 0 Å². The topological polar surface area (TPSA) is 24.9 Å². The molecule has 0 fully saturated rings. The highest BCUT2D eigenvalue weighted by Gasteiger charge is 2.15. The van der Waals surface area contributed by atoms with Crippen molar-refractivity contribution in [1.82, 2.24) is 4.98 Å². The molecule has 0 aliphatic carbocycles. The molecule has 0 spiro atoms. The predicted octanol–water partition coefficient (Wildman–Crippen LogP) is 5.05. The number of pyridine rings is 1. The summed E-state index contributed by atoms with van der Waals surface area (Å²) in [4.78, 5) is 4.80. The van der Waals surface area contributed by atoms with Gasteiger partial charge in [-0.2, -0.15) is 0 Å². The first-order valence-electron chi connectivity index (χ1n) is 7.75. The number of hydrogen-bond donors (Lipinski definition) is 1. The first-order valence-corrected chi connectivity index (χ1v) is 7.75. The number of aryl methyl sites for hydroxylation is 2. The molecule has 0 unspecified atom stereocenters. The Bertz CT molecular complexity index is 600. The third kappa shape index (κ3) is 2.79. The first-order chi connectivity index (χ1) is 9.58. The molecule has 2 rings (SSSR count). The summed E-state index contributed by atoms with van der Waals surface area (Å²) in [5.41, 5.74) is 6.28. The minimum absolute atomic E-state index is 0.482. The zero-order chi connectivity index (χ0) is 14.7. The number of nitrogens with zero attached hydrogens (tertiary/aromatic N) is 1. The van der Waals surface area contributed by atoms with Gasteiger partial charge >= 0.3 is 0 Å². The largest absolute Gasteiger partial charge is 0.384 e. The van der Waals surface area contributed by atoms with Crippen LogP contribution in [0.1, 0.15) is 56.9 Å². The van der Waals surface area contributed by atoms with Crippen LogP contribution in [0.25, 0.3) is 10.9 Å². The van der Waals surface area contributed by atoms with Crippen molar-refractivity contribution in [3.05, 3.63) is 35.0 Å². The lowest BCUT2D eigenvalue weighted by atomic mass is 9.95. The zero-order valence-corrected chi connectivity index (χ0v) is 13.4. The molecule has 0 aliphatic rings. The number of nitrogens with one attached hydrogen (secondary N) is 1. The highest BCUT2D eigenvalue weighted by molar-refractivity contribution is 5.94. The fraction of sp³-hybridized carbons (Fsp3) is 0.500. The molecule has 0 atom stereocenters. The Morgan fingerprint density at radius 2 is 1.95 bits per heavy atom. The van der Waals surface area contributed by atoms with Gasteiger partial charge in [0.25, 0.3) is 0 Å². The maximum absolute atomic E-state index is 4.80. The van der Waals surface area contributed by atoms with Crippen molar-refractivity contribution in [2.45, 2.75) is 53.4 Å². The molecule has 2 nitrogen and oxygen atoms in total. The van der Waals surface area contributed by atoms with E-state index in [1.165, 1.54) is 28.6 Å². The Labute approximate surface area is 122 Å². The first kappa shape index (κ1) is 14.8. The van der Waals surface area contributed by atoms with Crippen LogP contribution in [0, 0.1) is 6.92 Å². The zero-order valence-electron chi connectivity index (χ0n) is 13.4. The van der Waals surface area contributed by atoms with E-state index in [1.807, 2.05) is 0 Å². The van der Waals surface area contributed by atoms with E-state index in [0.29, 0.717) is 5.92 Å². The van der Waals surface area contributed by atoms with E-state index in [4.69, 9.17) is 4.98 Å². The van der Waals surface area contributed by atoms with Gasteiger partial charge in [0.15, 0.2) is 0 Å². The van der Waals surface area contributed by atoms with Gasteiger partial charge in [-0.15, -0.1) is 0 Å². The number of benzene rings is 1. The minimum atomic E-state index is 0.482. The summed E-state index contributed by atoms with van der Waals surface area (Å²) in [5.74, 6) is 0.482. The van der Waals surface area contributed by atoms with Gasteiger partial charge < -0.3 is 5.32 Å². The van der Waals surface area contributed by atoms with Crippen molar-refractivity contribution in [1.29, 1.82) is 0 Å². The Hall–Kier alpha value is -1.57. The summed E-state index contributed by atoms with van der Waals surface area (Å²) in [6, 6.07) is 6.69. The molecule has 0 aliphatic heterocycles. The van der Waals surface area contributed by atoms with Crippen molar-refractivity contribution in [3.8, 4) is 0 Å². The fourth-order valence-corrected chi connectivity index (χ4v) is 2.97. The summed E-state index contributed by atoms with van der Waals surface area (Å²) >= 11 is 0. The van der Waals surface area contributed by atoms with Crippen LogP contribution in [0.15, 0.2) is 18.2 Å². The Morgan fingerprint density at radius 1 is 1.20 bits per heavy atom. The molecule has 1 aromatic carbocycles. The van der Waals surface area contributed by atoms with Gasteiger partial charge in [-0.25, -0.2) is 0 Å². The summed E-state index contributed by atoms with van der Waals surface area (Å²) in [7, 11) is 0. The maximum atomic E-state index is 4.80. The van der Waals surface area contributed by atoms with Gasteiger partial charge in [-0.1, -0.05) is 33.3 Å². The second kappa shape index (κ2) is 6.25. The van der Waals surface area contributed by atoms with Crippen LogP contribution in [0.3, 0.4) is 0 Å². The molecule has 0 amide bonds. The van der Waals surface area contributed by atoms with E-state index in [0.717, 1.165) is 24.2 Å². The molecule has 1 aromatic heterocycles. The van der Waals surface area contributed by atoms with Crippen molar-refractivity contribution in [2.75, 3.05) is 11.9 Å². The van der Waals surface area contributed by atoms with Crippen LogP contribution in [-0.4, -0.2) is 11.5 Å². The van der Waals surface area contributed by atoms with Crippen LogP contribution in [0.4, 0.5) is 5.69 Å². The van der Waals surface area contributed by atoms with E-state index >= 15 is 0 Å². The highest BCUT2D eigenvalue weighted by atomic mass is 14.9. The van der Waals surface area contributed by atoms with E-state index < -0.39 is 0 Å². The SMILES string of the molecule is CCCc1ccc2nc(C)c(C(C)C)c(NCC)c2c1. The van der Waals surface area contributed by atoms with E-state index in [9.17, 15) is 0 Å². The summed E-state index contributed by atoms with van der Waals surface area (Å²) < 4.78 is 0.